The minimum atomic E-state index is -0.606. The maximum absolute atomic E-state index is 13.7. The Morgan fingerprint density at radius 3 is 2.68 bits per heavy atom. The molecule has 0 aliphatic carbocycles. The van der Waals surface area contributed by atoms with Crippen molar-refractivity contribution < 1.29 is 18.7 Å². The van der Waals surface area contributed by atoms with Crippen LogP contribution in [0.4, 0.5) is 4.39 Å². The molecule has 132 valence electrons. The quantitative estimate of drug-likeness (QED) is 0.808. The molecule has 0 saturated heterocycles. The maximum atomic E-state index is 13.7. The topological polar surface area (TPSA) is 80.3 Å². The van der Waals surface area contributed by atoms with E-state index in [1.165, 1.54) is 25.3 Å². The Kier molecular flexibility index (Phi) is 6.45. The third-order valence-corrected chi connectivity index (χ3v) is 3.45. The predicted molar refractivity (Wildman–Crippen MR) is 90.5 cm³/mol. The molecule has 0 aliphatic rings. The summed E-state index contributed by atoms with van der Waals surface area (Å²) in [5, 5.41) is 5.31. The molecule has 2 amide bonds. The smallest absolute Gasteiger partial charge is 0.242 e. The first kappa shape index (κ1) is 18.4. The lowest BCUT2D eigenvalue weighted by Gasteiger charge is -2.16. The van der Waals surface area contributed by atoms with Crippen LogP contribution in [0.25, 0.3) is 0 Å². The predicted octanol–water partition coefficient (Wildman–Crippen LogP) is 2.54. The zero-order valence-corrected chi connectivity index (χ0v) is 14.1. The number of amides is 2. The van der Waals surface area contributed by atoms with Crippen LogP contribution in [0, 0.1) is 5.82 Å². The monoisotopic (exact) mass is 345 g/mol. The van der Waals surface area contributed by atoms with Gasteiger partial charge in [-0.2, -0.15) is 0 Å². The molecule has 1 aromatic carbocycles. The minimum Gasteiger partial charge on any atom is -0.436 e. The van der Waals surface area contributed by atoms with Gasteiger partial charge in [-0.25, -0.2) is 9.37 Å². The lowest BCUT2D eigenvalue weighted by Crippen LogP contribution is -2.45. The highest BCUT2D eigenvalue weighted by Crippen LogP contribution is 2.25. The van der Waals surface area contributed by atoms with Gasteiger partial charge in [0.25, 0.3) is 0 Å². The summed E-state index contributed by atoms with van der Waals surface area (Å²) in [5.41, 5.74) is 0.594. The zero-order chi connectivity index (χ0) is 18.2. The molecule has 2 N–H and O–H groups in total. The van der Waals surface area contributed by atoms with Crippen molar-refractivity contribution >= 4 is 11.8 Å². The number of aromatic nitrogens is 1. The fourth-order valence-electron chi connectivity index (χ4n) is 2.19. The number of carbonyl (C=O) groups excluding carboxylic acids is 2. The van der Waals surface area contributed by atoms with Crippen LogP contribution in [0.5, 0.6) is 11.6 Å². The summed E-state index contributed by atoms with van der Waals surface area (Å²) < 4.78 is 19.2. The van der Waals surface area contributed by atoms with E-state index in [0.717, 1.165) is 0 Å². The van der Waals surface area contributed by atoms with Crippen molar-refractivity contribution in [2.45, 2.75) is 32.9 Å². The molecule has 0 saturated carbocycles. The molecule has 2 rings (SSSR count). The first-order valence-corrected chi connectivity index (χ1v) is 7.92. The minimum absolute atomic E-state index is 0.0541. The average molecular weight is 345 g/mol. The Balaban J connectivity index is 2.07. The molecule has 7 heteroatoms. The van der Waals surface area contributed by atoms with Gasteiger partial charge in [-0.1, -0.05) is 25.1 Å². The molecule has 0 fully saturated rings. The second-order valence-electron chi connectivity index (χ2n) is 5.38. The van der Waals surface area contributed by atoms with Gasteiger partial charge in [0.15, 0.2) is 11.6 Å². The van der Waals surface area contributed by atoms with E-state index >= 15 is 0 Å². The lowest BCUT2D eigenvalue weighted by molar-refractivity contribution is -0.128. The fraction of sp³-hybridized carbons (Fsp3) is 0.278. The Labute approximate surface area is 145 Å². The van der Waals surface area contributed by atoms with Gasteiger partial charge in [-0.15, -0.1) is 0 Å². The van der Waals surface area contributed by atoms with E-state index in [4.69, 9.17) is 4.74 Å². The van der Waals surface area contributed by atoms with E-state index < -0.39 is 11.9 Å². The Bertz CT molecular complexity index is 752. The van der Waals surface area contributed by atoms with Crippen molar-refractivity contribution in [1.82, 2.24) is 15.6 Å². The molecule has 0 spiro atoms. The molecular formula is C18H20FN3O3. The second-order valence-corrected chi connectivity index (χ2v) is 5.38. The van der Waals surface area contributed by atoms with Gasteiger partial charge >= 0.3 is 0 Å². The summed E-state index contributed by atoms with van der Waals surface area (Å²) in [4.78, 5) is 27.4. The fourth-order valence-corrected chi connectivity index (χ4v) is 2.19. The Morgan fingerprint density at radius 2 is 2.00 bits per heavy atom. The number of para-hydroxylation sites is 1. The summed E-state index contributed by atoms with van der Waals surface area (Å²) in [6.07, 6.45) is 1.99. The first-order chi connectivity index (χ1) is 12.0. The van der Waals surface area contributed by atoms with Crippen molar-refractivity contribution in [3.05, 3.63) is 54.0 Å². The number of halogens is 1. The molecule has 1 heterocycles. The number of pyridine rings is 1. The standard InChI is InChI=1S/C18H20FN3O3/c1-3-15(22-12(2)23)17(24)21-11-13-7-6-10-20-18(13)25-16-9-5-4-8-14(16)19/h4-10,15H,3,11H2,1-2H3,(H,21,24)(H,22,23)/t15-/m1/s1. The lowest BCUT2D eigenvalue weighted by atomic mass is 10.2. The van der Waals surface area contributed by atoms with Crippen molar-refractivity contribution in [1.29, 1.82) is 0 Å². The molecule has 0 bridgehead atoms. The van der Waals surface area contributed by atoms with Gasteiger partial charge in [0.2, 0.25) is 17.7 Å². The highest BCUT2D eigenvalue weighted by Gasteiger charge is 2.17. The molecule has 2 aromatic rings. The van der Waals surface area contributed by atoms with Gasteiger partial charge in [0.1, 0.15) is 6.04 Å². The van der Waals surface area contributed by atoms with Gasteiger partial charge in [-0.3, -0.25) is 9.59 Å². The highest BCUT2D eigenvalue weighted by molar-refractivity contribution is 5.86. The van der Waals surface area contributed by atoms with Crippen molar-refractivity contribution in [2.24, 2.45) is 0 Å². The van der Waals surface area contributed by atoms with Crippen molar-refractivity contribution in [3.8, 4) is 11.6 Å². The number of ether oxygens (including phenoxy) is 1. The van der Waals surface area contributed by atoms with Crippen molar-refractivity contribution in [3.63, 3.8) is 0 Å². The van der Waals surface area contributed by atoms with E-state index in [0.29, 0.717) is 12.0 Å². The number of nitrogens with zero attached hydrogens (tertiary/aromatic N) is 1. The van der Waals surface area contributed by atoms with Crippen LogP contribution >= 0.6 is 0 Å². The van der Waals surface area contributed by atoms with Gasteiger partial charge in [0.05, 0.1) is 0 Å². The van der Waals surface area contributed by atoms with Gasteiger partial charge < -0.3 is 15.4 Å². The molecule has 0 aliphatic heterocycles. The number of benzene rings is 1. The molecule has 0 radical (unpaired) electrons. The number of nitrogens with one attached hydrogen (secondary N) is 2. The first-order valence-electron chi connectivity index (χ1n) is 7.92. The third kappa shape index (κ3) is 5.27. The summed E-state index contributed by atoms with van der Waals surface area (Å²) in [7, 11) is 0. The third-order valence-electron chi connectivity index (χ3n) is 3.45. The van der Waals surface area contributed by atoms with Gasteiger partial charge in [0, 0.05) is 25.2 Å². The van der Waals surface area contributed by atoms with Crippen LogP contribution in [0.2, 0.25) is 0 Å². The molecule has 25 heavy (non-hydrogen) atoms. The van der Waals surface area contributed by atoms with E-state index in [2.05, 4.69) is 15.6 Å². The van der Waals surface area contributed by atoms with Crippen molar-refractivity contribution in [2.75, 3.05) is 0 Å². The molecule has 1 aromatic heterocycles. The second kappa shape index (κ2) is 8.77. The number of hydrogen-bond donors (Lipinski definition) is 2. The number of carbonyl (C=O) groups is 2. The maximum Gasteiger partial charge on any atom is 0.242 e. The zero-order valence-electron chi connectivity index (χ0n) is 14.1. The Hall–Kier alpha value is -2.96. The summed E-state index contributed by atoms with van der Waals surface area (Å²) in [6.45, 7) is 3.31. The van der Waals surface area contributed by atoms with Crippen LogP contribution < -0.4 is 15.4 Å². The number of rotatable bonds is 7. The highest BCUT2D eigenvalue weighted by atomic mass is 19.1. The van der Waals surface area contributed by atoms with Crippen LogP contribution in [0.3, 0.4) is 0 Å². The van der Waals surface area contributed by atoms with Gasteiger partial charge in [-0.05, 0) is 24.6 Å². The summed E-state index contributed by atoms with van der Waals surface area (Å²) in [5.74, 6) is -0.816. The molecule has 0 unspecified atom stereocenters. The van der Waals surface area contributed by atoms with Crippen LogP contribution in [0.1, 0.15) is 25.8 Å². The van der Waals surface area contributed by atoms with E-state index in [1.807, 2.05) is 0 Å². The van der Waals surface area contributed by atoms with Crippen LogP contribution in [0.15, 0.2) is 42.6 Å². The number of hydrogen-bond acceptors (Lipinski definition) is 4. The SMILES string of the molecule is CC[C@@H](NC(C)=O)C(=O)NCc1cccnc1Oc1ccccc1F. The van der Waals surface area contributed by atoms with Crippen LogP contribution in [-0.4, -0.2) is 22.8 Å². The average Bonchev–Trinajstić information content (AvgIpc) is 2.60. The van der Waals surface area contributed by atoms with E-state index in [1.54, 1.807) is 31.2 Å². The van der Waals surface area contributed by atoms with Crippen LogP contribution in [-0.2, 0) is 16.1 Å². The van der Waals surface area contributed by atoms with E-state index in [-0.39, 0.29) is 30.0 Å². The molecule has 6 nitrogen and oxygen atoms in total. The normalized spacial score (nSPS) is 11.5. The summed E-state index contributed by atoms with van der Waals surface area (Å²) >= 11 is 0. The molecular weight excluding hydrogens is 325 g/mol. The summed E-state index contributed by atoms with van der Waals surface area (Å²) in [6, 6.07) is 8.82. The largest absolute Gasteiger partial charge is 0.436 e. The molecule has 1 atom stereocenters. The Morgan fingerprint density at radius 1 is 1.24 bits per heavy atom. The van der Waals surface area contributed by atoms with E-state index in [9.17, 15) is 14.0 Å².